The van der Waals surface area contributed by atoms with Crippen LogP contribution in [0.15, 0.2) is 53.4 Å². The zero-order valence-electron chi connectivity index (χ0n) is 17.0. The molecule has 0 spiro atoms. The highest BCUT2D eigenvalue weighted by atomic mass is 32.2. The Labute approximate surface area is 175 Å². The van der Waals surface area contributed by atoms with Crippen molar-refractivity contribution in [1.82, 2.24) is 4.31 Å². The average Bonchev–Trinajstić information content (AvgIpc) is 2.71. The monoisotopic (exact) mass is 432 g/mol. The number of ether oxygens (including phenoxy) is 1. The lowest BCUT2D eigenvalue weighted by Crippen LogP contribution is -2.23. The number of hydrogen-bond acceptors (Lipinski definition) is 6. The van der Waals surface area contributed by atoms with E-state index in [0.717, 1.165) is 9.87 Å². The van der Waals surface area contributed by atoms with Crippen molar-refractivity contribution in [3.05, 3.63) is 59.7 Å². The van der Waals surface area contributed by atoms with Gasteiger partial charge < -0.3 is 10.1 Å². The van der Waals surface area contributed by atoms with Crippen molar-refractivity contribution in [2.24, 2.45) is 0 Å². The lowest BCUT2D eigenvalue weighted by Gasteiger charge is -2.12. The Morgan fingerprint density at radius 3 is 2.30 bits per heavy atom. The van der Waals surface area contributed by atoms with Gasteiger partial charge in [-0.3, -0.25) is 14.4 Å². The molecule has 0 unspecified atom stereocenters. The van der Waals surface area contributed by atoms with E-state index in [0.29, 0.717) is 5.56 Å². The van der Waals surface area contributed by atoms with Gasteiger partial charge in [0.1, 0.15) is 0 Å². The van der Waals surface area contributed by atoms with Crippen LogP contribution < -0.4 is 5.32 Å². The van der Waals surface area contributed by atoms with E-state index in [-0.39, 0.29) is 29.2 Å². The predicted molar refractivity (Wildman–Crippen MR) is 112 cm³/mol. The molecule has 160 valence electrons. The number of nitrogens with zero attached hydrogens (tertiary/aromatic N) is 1. The quantitative estimate of drug-likeness (QED) is 0.481. The molecule has 0 fully saturated rings. The number of benzene rings is 2. The third-order valence-corrected chi connectivity index (χ3v) is 6.00. The fourth-order valence-electron chi connectivity index (χ4n) is 2.46. The van der Waals surface area contributed by atoms with Gasteiger partial charge in [0, 0.05) is 31.8 Å². The predicted octanol–water partition coefficient (Wildman–Crippen LogP) is 2.39. The SMILES string of the molecule is Cc1ccc(C(=O)CCC(=O)OCC(=O)Nc2cccc(S(=O)(=O)N(C)C)c2)cc1. The Hall–Kier alpha value is -3.04. The summed E-state index contributed by atoms with van der Waals surface area (Å²) in [6, 6.07) is 12.8. The van der Waals surface area contributed by atoms with Gasteiger partial charge >= 0.3 is 5.97 Å². The van der Waals surface area contributed by atoms with Gasteiger partial charge in [0.15, 0.2) is 12.4 Å². The number of nitrogens with one attached hydrogen (secondary N) is 1. The van der Waals surface area contributed by atoms with E-state index in [1.165, 1.54) is 38.4 Å². The number of ketones is 1. The van der Waals surface area contributed by atoms with Crippen molar-refractivity contribution < 1.29 is 27.5 Å². The van der Waals surface area contributed by atoms with Crippen LogP contribution in [-0.4, -0.2) is 51.1 Å². The summed E-state index contributed by atoms with van der Waals surface area (Å²) >= 11 is 0. The summed E-state index contributed by atoms with van der Waals surface area (Å²) in [6.45, 7) is 1.37. The van der Waals surface area contributed by atoms with E-state index in [2.05, 4.69) is 5.32 Å². The third kappa shape index (κ3) is 6.50. The van der Waals surface area contributed by atoms with E-state index in [1.54, 1.807) is 12.1 Å². The number of anilines is 1. The molecular formula is C21H24N2O6S. The smallest absolute Gasteiger partial charge is 0.306 e. The normalized spacial score (nSPS) is 11.2. The molecule has 0 radical (unpaired) electrons. The van der Waals surface area contributed by atoms with Crippen molar-refractivity contribution in [3.63, 3.8) is 0 Å². The van der Waals surface area contributed by atoms with Gasteiger partial charge in [0.05, 0.1) is 11.3 Å². The first kappa shape index (κ1) is 23.2. The van der Waals surface area contributed by atoms with Gasteiger partial charge in [-0.1, -0.05) is 35.9 Å². The molecule has 30 heavy (non-hydrogen) atoms. The topological polar surface area (TPSA) is 110 Å². The van der Waals surface area contributed by atoms with Gasteiger partial charge in [-0.25, -0.2) is 12.7 Å². The standard InChI is InChI=1S/C21H24N2O6S/c1-15-7-9-16(10-8-15)19(24)11-12-21(26)29-14-20(25)22-17-5-4-6-18(13-17)30(27,28)23(2)3/h4-10,13H,11-12,14H2,1-3H3,(H,22,25). The Bertz CT molecular complexity index is 1030. The van der Waals surface area contributed by atoms with E-state index in [9.17, 15) is 22.8 Å². The molecule has 2 rings (SSSR count). The minimum atomic E-state index is -3.64. The van der Waals surface area contributed by atoms with Crippen molar-refractivity contribution in [1.29, 1.82) is 0 Å². The Morgan fingerprint density at radius 1 is 1.00 bits per heavy atom. The van der Waals surface area contributed by atoms with E-state index >= 15 is 0 Å². The van der Waals surface area contributed by atoms with E-state index < -0.39 is 28.5 Å². The Morgan fingerprint density at radius 2 is 1.67 bits per heavy atom. The van der Waals surface area contributed by atoms with Crippen molar-refractivity contribution in [3.8, 4) is 0 Å². The van der Waals surface area contributed by atoms with Crippen molar-refractivity contribution in [2.45, 2.75) is 24.7 Å². The minimum Gasteiger partial charge on any atom is -0.456 e. The molecule has 2 aromatic carbocycles. The number of hydrogen-bond donors (Lipinski definition) is 1. The Kier molecular flexibility index (Phi) is 7.85. The second kappa shape index (κ2) is 10.1. The average molecular weight is 432 g/mol. The number of aryl methyl sites for hydroxylation is 1. The number of carbonyl (C=O) groups excluding carboxylic acids is 3. The van der Waals surface area contributed by atoms with Gasteiger partial charge in [-0.15, -0.1) is 0 Å². The van der Waals surface area contributed by atoms with Crippen LogP contribution in [0.2, 0.25) is 0 Å². The molecule has 1 amide bonds. The lowest BCUT2D eigenvalue weighted by atomic mass is 10.1. The second-order valence-corrected chi connectivity index (χ2v) is 8.97. The lowest BCUT2D eigenvalue weighted by molar-refractivity contribution is -0.147. The highest BCUT2D eigenvalue weighted by Crippen LogP contribution is 2.18. The summed E-state index contributed by atoms with van der Waals surface area (Å²) in [7, 11) is -0.824. The summed E-state index contributed by atoms with van der Waals surface area (Å²) in [5.41, 5.74) is 1.80. The van der Waals surface area contributed by atoms with Crippen LogP contribution in [0.25, 0.3) is 0 Å². The summed E-state index contributed by atoms with van der Waals surface area (Å²) in [5, 5.41) is 2.48. The first-order valence-corrected chi connectivity index (χ1v) is 10.6. The van der Waals surface area contributed by atoms with Crippen LogP contribution in [0.1, 0.15) is 28.8 Å². The van der Waals surface area contributed by atoms with Gasteiger partial charge in [-0.2, -0.15) is 0 Å². The molecule has 9 heteroatoms. The van der Waals surface area contributed by atoms with Gasteiger partial charge in [0.25, 0.3) is 5.91 Å². The van der Waals surface area contributed by atoms with Gasteiger partial charge in [-0.05, 0) is 25.1 Å². The molecule has 0 aromatic heterocycles. The zero-order chi connectivity index (χ0) is 22.3. The Balaban J connectivity index is 1.82. The maximum Gasteiger partial charge on any atom is 0.306 e. The molecule has 0 bridgehead atoms. The zero-order valence-corrected chi connectivity index (χ0v) is 17.9. The van der Waals surface area contributed by atoms with Crippen molar-refractivity contribution in [2.75, 3.05) is 26.0 Å². The van der Waals surface area contributed by atoms with Gasteiger partial charge in [0.2, 0.25) is 10.0 Å². The first-order chi connectivity index (χ1) is 14.1. The summed E-state index contributed by atoms with van der Waals surface area (Å²) in [5.74, 6) is -1.47. The molecule has 0 aliphatic heterocycles. The largest absolute Gasteiger partial charge is 0.456 e. The molecule has 0 aliphatic carbocycles. The molecule has 8 nitrogen and oxygen atoms in total. The summed E-state index contributed by atoms with van der Waals surface area (Å²) in [6.07, 6.45) is -0.162. The fraction of sp³-hybridized carbons (Fsp3) is 0.286. The molecule has 0 aliphatic rings. The highest BCUT2D eigenvalue weighted by molar-refractivity contribution is 7.89. The first-order valence-electron chi connectivity index (χ1n) is 9.17. The van der Waals surface area contributed by atoms with Crippen LogP contribution in [-0.2, 0) is 24.3 Å². The summed E-state index contributed by atoms with van der Waals surface area (Å²) in [4.78, 5) is 35.9. The molecule has 2 aromatic rings. The number of amides is 1. The second-order valence-electron chi connectivity index (χ2n) is 6.81. The van der Waals surface area contributed by atoms with Crippen LogP contribution in [0.3, 0.4) is 0 Å². The number of esters is 1. The molecule has 0 saturated carbocycles. The maximum atomic E-state index is 12.1. The van der Waals surface area contributed by atoms with E-state index in [4.69, 9.17) is 4.74 Å². The number of carbonyl (C=O) groups is 3. The molecule has 0 heterocycles. The maximum absolute atomic E-state index is 12.1. The third-order valence-electron chi connectivity index (χ3n) is 4.19. The minimum absolute atomic E-state index is 0.0199. The summed E-state index contributed by atoms with van der Waals surface area (Å²) < 4.78 is 30.2. The van der Waals surface area contributed by atoms with Crippen LogP contribution in [0, 0.1) is 6.92 Å². The molecule has 1 N–H and O–H groups in total. The van der Waals surface area contributed by atoms with Crippen molar-refractivity contribution >= 4 is 33.4 Å². The van der Waals surface area contributed by atoms with E-state index in [1.807, 2.05) is 19.1 Å². The van der Waals surface area contributed by atoms with Crippen LogP contribution in [0.4, 0.5) is 5.69 Å². The number of sulfonamides is 1. The highest BCUT2D eigenvalue weighted by Gasteiger charge is 2.18. The number of rotatable bonds is 9. The fourth-order valence-corrected chi connectivity index (χ4v) is 3.41. The van der Waals surface area contributed by atoms with Crippen LogP contribution in [0.5, 0.6) is 0 Å². The molecule has 0 saturated heterocycles. The molecule has 0 atom stereocenters. The van der Waals surface area contributed by atoms with Crippen LogP contribution >= 0.6 is 0 Å². The molecular weight excluding hydrogens is 408 g/mol. The number of Topliss-reactive ketones (excluding diaryl/α,β-unsaturated/α-hetero) is 1.